The molecule has 5 atom stereocenters. The summed E-state index contributed by atoms with van der Waals surface area (Å²) < 4.78 is 0. The van der Waals surface area contributed by atoms with E-state index in [9.17, 15) is 33.9 Å². The van der Waals surface area contributed by atoms with Gasteiger partial charge in [0.2, 0.25) is 17.7 Å². The van der Waals surface area contributed by atoms with Crippen LogP contribution in [0.1, 0.15) is 46.0 Å². The van der Waals surface area contributed by atoms with Gasteiger partial charge in [-0.1, -0.05) is 20.3 Å². The van der Waals surface area contributed by atoms with Crippen molar-refractivity contribution in [1.82, 2.24) is 16.0 Å². The van der Waals surface area contributed by atoms with Crippen molar-refractivity contribution in [3.8, 4) is 0 Å². The highest BCUT2D eigenvalue weighted by Crippen LogP contribution is 2.11. The number of aliphatic carboxylic acids is 3. The van der Waals surface area contributed by atoms with Crippen LogP contribution in [0.15, 0.2) is 0 Å². The van der Waals surface area contributed by atoms with Gasteiger partial charge in [0.25, 0.3) is 0 Å². The van der Waals surface area contributed by atoms with E-state index in [2.05, 4.69) is 16.0 Å². The minimum Gasteiger partial charge on any atom is -0.481 e. The number of nitrogens with one attached hydrogen (secondary N) is 3. The zero-order valence-corrected chi connectivity index (χ0v) is 20.2. The van der Waals surface area contributed by atoms with Gasteiger partial charge in [0.1, 0.15) is 18.1 Å². The van der Waals surface area contributed by atoms with Gasteiger partial charge >= 0.3 is 17.9 Å². The molecule has 0 saturated heterocycles. The quantitative estimate of drug-likeness (QED) is 0.126. The van der Waals surface area contributed by atoms with E-state index in [-0.39, 0.29) is 6.42 Å². The first kappa shape index (κ1) is 31.1. The van der Waals surface area contributed by atoms with Crippen molar-refractivity contribution >= 4 is 47.4 Å². The molecule has 5 unspecified atom stereocenters. The van der Waals surface area contributed by atoms with Crippen molar-refractivity contribution in [3.05, 3.63) is 0 Å². The molecule has 0 rings (SSSR count). The summed E-state index contributed by atoms with van der Waals surface area (Å²) in [4.78, 5) is 71.3. The molecule has 0 aliphatic heterocycles. The van der Waals surface area contributed by atoms with E-state index in [0.717, 1.165) is 0 Å². The second kappa shape index (κ2) is 15.9. The lowest BCUT2D eigenvalue weighted by Crippen LogP contribution is -2.59. The second-order valence-corrected chi connectivity index (χ2v) is 8.74. The van der Waals surface area contributed by atoms with E-state index in [1.54, 1.807) is 13.8 Å². The zero-order chi connectivity index (χ0) is 26.4. The van der Waals surface area contributed by atoms with Crippen molar-refractivity contribution < 1.29 is 44.1 Å². The third-order valence-corrected chi connectivity index (χ3v) is 5.68. The van der Waals surface area contributed by atoms with Crippen LogP contribution in [0, 0.1) is 5.92 Å². The van der Waals surface area contributed by atoms with Crippen molar-refractivity contribution in [2.45, 2.75) is 70.1 Å². The van der Waals surface area contributed by atoms with Crippen LogP contribution in [-0.2, 0) is 28.8 Å². The van der Waals surface area contributed by atoms with Gasteiger partial charge in [0, 0.05) is 6.42 Å². The van der Waals surface area contributed by atoms with Crippen LogP contribution in [0.5, 0.6) is 0 Å². The highest BCUT2D eigenvalue weighted by Gasteiger charge is 2.33. The summed E-state index contributed by atoms with van der Waals surface area (Å²) >= 11 is 1.46. The van der Waals surface area contributed by atoms with Crippen LogP contribution < -0.4 is 21.7 Å². The molecule has 13 nitrogen and oxygen atoms in total. The number of carbonyl (C=O) groups excluding carboxylic acids is 3. The predicted molar refractivity (Wildman–Crippen MR) is 123 cm³/mol. The minimum atomic E-state index is -1.52. The molecule has 194 valence electrons. The van der Waals surface area contributed by atoms with E-state index >= 15 is 0 Å². The summed E-state index contributed by atoms with van der Waals surface area (Å²) in [5, 5.41) is 34.1. The summed E-state index contributed by atoms with van der Waals surface area (Å²) in [7, 11) is 0. The number of hydrogen-bond donors (Lipinski definition) is 7. The summed E-state index contributed by atoms with van der Waals surface area (Å²) in [6.45, 7) is 3.33. The van der Waals surface area contributed by atoms with Gasteiger partial charge in [-0.05, 0) is 30.8 Å². The molecular formula is C20H34N4O9S. The molecule has 8 N–H and O–H groups in total. The van der Waals surface area contributed by atoms with E-state index in [1.807, 2.05) is 6.26 Å². The number of nitrogens with two attached hydrogens (primary N) is 1. The maximum Gasteiger partial charge on any atom is 0.326 e. The molecule has 0 saturated carbocycles. The van der Waals surface area contributed by atoms with Crippen LogP contribution in [0.2, 0.25) is 0 Å². The molecule has 14 heteroatoms. The second-order valence-electron chi connectivity index (χ2n) is 7.75. The Hall–Kier alpha value is -2.87. The van der Waals surface area contributed by atoms with E-state index in [4.69, 9.17) is 15.9 Å². The SMILES string of the molecule is CCC(C)C(NC(=O)C(CC(=O)O)NC(=O)C(N)CCSC)C(=O)NC(CCC(=O)O)C(=O)O. The molecule has 0 heterocycles. The normalized spacial score (nSPS) is 15.2. The molecule has 0 bridgehead atoms. The summed E-state index contributed by atoms with van der Waals surface area (Å²) in [6.07, 6.45) is 0.879. The Labute approximate surface area is 201 Å². The van der Waals surface area contributed by atoms with Gasteiger partial charge in [-0.2, -0.15) is 11.8 Å². The first-order valence-corrected chi connectivity index (χ1v) is 12.0. The number of rotatable bonds is 17. The van der Waals surface area contributed by atoms with Crippen molar-refractivity contribution in [1.29, 1.82) is 0 Å². The monoisotopic (exact) mass is 506 g/mol. The fraction of sp³-hybridized carbons (Fsp3) is 0.700. The average Bonchev–Trinajstić information content (AvgIpc) is 2.76. The lowest BCUT2D eigenvalue weighted by molar-refractivity contribution is -0.144. The van der Waals surface area contributed by atoms with Gasteiger partial charge in [-0.25, -0.2) is 4.79 Å². The van der Waals surface area contributed by atoms with Crippen LogP contribution >= 0.6 is 11.8 Å². The van der Waals surface area contributed by atoms with Crippen LogP contribution in [0.3, 0.4) is 0 Å². The Morgan fingerprint density at radius 3 is 1.91 bits per heavy atom. The standard InChI is InChI=1S/C20H34N4O9S/c1-4-10(2)16(19(31)22-12(20(32)33)5-6-14(25)26)24-18(30)13(9-15(27)28)23-17(29)11(21)7-8-34-3/h10-13,16H,4-9,21H2,1-3H3,(H,22,31)(H,23,29)(H,24,30)(H,25,26)(H,27,28)(H,32,33). The third kappa shape index (κ3) is 11.8. The van der Waals surface area contributed by atoms with Gasteiger partial charge in [0.05, 0.1) is 12.5 Å². The van der Waals surface area contributed by atoms with Crippen molar-refractivity contribution in [3.63, 3.8) is 0 Å². The molecule has 3 amide bonds. The zero-order valence-electron chi connectivity index (χ0n) is 19.4. The summed E-state index contributed by atoms with van der Waals surface area (Å²) in [6, 6.07) is -5.25. The summed E-state index contributed by atoms with van der Waals surface area (Å²) in [5.41, 5.74) is 5.77. The smallest absolute Gasteiger partial charge is 0.326 e. The molecule has 0 aliphatic carbocycles. The van der Waals surface area contributed by atoms with Crippen LogP contribution in [-0.4, -0.2) is 87.1 Å². The Bertz CT molecular complexity index is 750. The highest BCUT2D eigenvalue weighted by atomic mass is 32.2. The number of carboxylic acid groups (broad SMARTS) is 3. The lowest BCUT2D eigenvalue weighted by Gasteiger charge is -2.27. The first-order valence-electron chi connectivity index (χ1n) is 10.7. The van der Waals surface area contributed by atoms with Gasteiger partial charge in [-0.3, -0.25) is 24.0 Å². The highest BCUT2D eigenvalue weighted by molar-refractivity contribution is 7.98. The van der Waals surface area contributed by atoms with Crippen molar-refractivity contribution in [2.24, 2.45) is 11.7 Å². The number of thioether (sulfide) groups is 1. The number of hydrogen-bond acceptors (Lipinski definition) is 8. The third-order valence-electron chi connectivity index (χ3n) is 5.04. The number of amides is 3. The van der Waals surface area contributed by atoms with E-state index in [0.29, 0.717) is 18.6 Å². The van der Waals surface area contributed by atoms with Crippen molar-refractivity contribution in [2.75, 3.05) is 12.0 Å². The molecule has 0 aromatic rings. The maximum absolute atomic E-state index is 12.8. The van der Waals surface area contributed by atoms with Gasteiger partial charge in [0.15, 0.2) is 0 Å². The molecular weight excluding hydrogens is 472 g/mol. The molecule has 0 aliphatic rings. The predicted octanol–water partition coefficient (Wildman–Crippen LogP) is -1.01. The van der Waals surface area contributed by atoms with E-state index < -0.39 is 78.6 Å². The van der Waals surface area contributed by atoms with E-state index in [1.165, 1.54) is 11.8 Å². The van der Waals surface area contributed by atoms with Gasteiger partial charge < -0.3 is 37.0 Å². The molecule has 0 fully saturated rings. The molecule has 0 radical (unpaired) electrons. The molecule has 34 heavy (non-hydrogen) atoms. The lowest BCUT2D eigenvalue weighted by atomic mass is 9.97. The number of carbonyl (C=O) groups is 6. The maximum atomic E-state index is 12.8. The largest absolute Gasteiger partial charge is 0.481 e. The van der Waals surface area contributed by atoms with Crippen LogP contribution in [0.4, 0.5) is 0 Å². The Morgan fingerprint density at radius 1 is 0.853 bits per heavy atom. The minimum absolute atomic E-state index is 0.305. The Kier molecular flexibility index (Phi) is 14.5. The fourth-order valence-corrected chi connectivity index (χ4v) is 3.27. The Balaban J connectivity index is 5.53. The first-order chi connectivity index (χ1) is 15.8. The fourth-order valence-electron chi connectivity index (χ4n) is 2.78. The molecule has 0 aromatic heterocycles. The molecule has 0 aromatic carbocycles. The molecule has 0 spiro atoms. The Morgan fingerprint density at radius 2 is 1.44 bits per heavy atom. The average molecular weight is 507 g/mol. The number of carboxylic acids is 3. The topological polar surface area (TPSA) is 225 Å². The van der Waals surface area contributed by atoms with Crippen LogP contribution in [0.25, 0.3) is 0 Å². The summed E-state index contributed by atoms with van der Waals surface area (Å²) in [5.74, 6) is -6.53. The van der Waals surface area contributed by atoms with Gasteiger partial charge in [-0.15, -0.1) is 0 Å².